The maximum Gasteiger partial charge on any atom is 0.236 e. The molecule has 0 spiro atoms. The standard InChI is InChI=1S/C23H28FN5O/c24-20-6-7-22(25-12-20)29-15-18-13-26(14-19(18)16-29)17-23(30)28-10-8-27(9-11-28)21-4-2-1-3-5-21/h1-7,12,18-19H,8-11,13-17H2. The second-order valence-electron chi connectivity index (χ2n) is 8.66. The van der Waals surface area contributed by atoms with Gasteiger partial charge in [-0.2, -0.15) is 0 Å². The van der Waals surface area contributed by atoms with E-state index in [0.29, 0.717) is 18.4 Å². The van der Waals surface area contributed by atoms with Crippen LogP contribution in [0.25, 0.3) is 0 Å². The normalized spacial score (nSPS) is 24.4. The fourth-order valence-electron chi connectivity index (χ4n) is 5.11. The molecule has 4 heterocycles. The Labute approximate surface area is 176 Å². The Bertz CT molecular complexity index is 855. The molecule has 2 aromatic rings. The average molecular weight is 410 g/mol. The van der Waals surface area contributed by atoms with Gasteiger partial charge in [0.05, 0.1) is 12.7 Å². The van der Waals surface area contributed by atoms with Crippen molar-refractivity contribution >= 4 is 17.4 Å². The zero-order valence-corrected chi connectivity index (χ0v) is 17.2. The van der Waals surface area contributed by atoms with Crippen LogP contribution in [0.2, 0.25) is 0 Å². The molecule has 1 aromatic carbocycles. The zero-order valence-electron chi connectivity index (χ0n) is 17.2. The van der Waals surface area contributed by atoms with Crippen LogP contribution in [0.15, 0.2) is 48.7 Å². The molecule has 2 unspecified atom stereocenters. The number of benzene rings is 1. The second-order valence-corrected chi connectivity index (χ2v) is 8.66. The van der Waals surface area contributed by atoms with Gasteiger partial charge in [0, 0.05) is 58.0 Å². The highest BCUT2D eigenvalue weighted by molar-refractivity contribution is 5.78. The van der Waals surface area contributed by atoms with Gasteiger partial charge in [-0.05, 0) is 36.1 Å². The van der Waals surface area contributed by atoms with Crippen LogP contribution < -0.4 is 9.80 Å². The van der Waals surface area contributed by atoms with Crippen molar-refractivity contribution in [1.82, 2.24) is 14.8 Å². The molecule has 3 aliphatic rings. The molecule has 6 nitrogen and oxygen atoms in total. The molecular weight excluding hydrogens is 381 g/mol. The summed E-state index contributed by atoms with van der Waals surface area (Å²) in [5.74, 6) is 1.91. The van der Waals surface area contributed by atoms with Crippen molar-refractivity contribution in [3.05, 3.63) is 54.5 Å². The van der Waals surface area contributed by atoms with Crippen LogP contribution in [0, 0.1) is 17.7 Å². The van der Waals surface area contributed by atoms with Gasteiger partial charge in [-0.15, -0.1) is 0 Å². The summed E-state index contributed by atoms with van der Waals surface area (Å²) in [7, 11) is 0. The highest BCUT2D eigenvalue weighted by Gasteiger charge is 2.41. The molecule has 3 saturated heterocycles. The lowest BCUT2D eigenvalue weighted by Gasteiger charge is -2.36. The Balaban J connectivity index is 1.09. The predicted molar refractivity (Wildman–Crippen MR) is 115 cm³/mol. The van der Waals surface area contributed by atoms with E-state index >= 15 is 0 Å². The van der Waals surface area contributed by atoms with Crippen molar-refractivity contribution in [2.45, 2.75) is 0 Å². The average Bonchev–Trinajstić information content (AvgIpc) is 3.34. The number of hydrogen-bond acceptors (Lipinski definition) is 5. The van der Waals surface area contributed by atoms with Crippen LogP contribution in [0.3, 0.4) is 0 Å². The molecular formula is C23H28FN5O. The topological polar surface area (TPSA) is 42.9 Å². The molecule has 0 bridgehead atoms. The van der Waals surface area contributed by atoms with Crippen LogP contribution >= 0.6 is 0 Å². The molecule has 30 heavy (non-hydrogen) atoms. The Kier molecular flexibility index (Phi) is 5.29. The maximum atomic E-state index is 13.1. The summed E-state index contributed by atoms with van der Waals surface area (Å²) in [6, 6.07) is 13.6. The van der Waals surface area contributed by atoms with E-state index in [9.17, 15) is 9.18 Å². The molecule has 1 aromatic heterocycles. The lowest BCUT2D eigenvalue weighted by molar-refractivity contribution is -0.132. The van der Waals surface area contributed by atoms with Gasteiger partial charge in [0.25, 0.3) is 0 Å². The van der Waals surface area contributed by atoms with Crippen molar-refractivity contribution in [3.8, 4) is 0 Å². The molecule has 3 aliphatic heterocycles. The van der Waals surface area contributed by atoms with E-state index in [-0.39, 0.29) is 11.7 Å². The van der Waals surface area contributed by atoms with E-state index in [2.05, 4.69) is 43.9 Å². The highest BCUT2D eigenvalue weighted by atomic mass is 19.1. The maximum absolute atomic E-state index is 13.1. The number of para-hydroxylation sites is 1. The fourth-order valence-corrected chi connectivity index (χ4v) is 5.11. The number of piperazine rings is 1. The smallest absolute Gasteiger partial charge is 0.236 e. The van der Waals surface area contributed by atoms with E-state index in [0.717, 1.165) is 58.2 Å². The minimum absolute atomic E-state index is 0.250. The number of anilines is 2. The molecule has 5 rings (SSSR count). The van der Waals surface area contributed by atoms with E-state index in [1.54, 1.807) is 6.07 Å². The number of carbonyl (C=O) groups is 1. The molecule has 0 radical (unpaired) electrons. The summed E-state index contributed by atoms with van der Waals surface area (Å²) in [4.78, 5) is 26.0. The molecule has 1 amide bonds. The number of fused-ring (bicyclic) bond motifs is 1. The number of nitrogens with zero attached hydrogens (tertiary/aromatic N) is 5. The largest absolute Gasteiger partial charge is 0.368 e. The third-order valence-electron chi connectivity index (χ3n) is 6.71. The van der Waals surface area contributed by atoms with Gasteiger partial charge < -0.3 is 14.7 Å². The molecule has 0 saturated carbocycles. The summed E-state index contributed by atoms with van der Waals surface area (Å²) >= 11 is 0. The summed E-state index contributed by atoms with van der Waals surface area (Å²) < 4.78 is 13.1. The third-order valence-corrected chi connectivity index (χ3v) is 6.71. The second kappa shape index (κ2) is 8.22. The zero-order chi connectivity index (χ0) is 20.5. The molecule has 7 heteroatoms. The van der Waals surface area contributed by atoms with Crippen LogP contribution in [0.4, 0.5) is 15.9 Å². The first-order chi connectivity index (χ1) is 14.7. The number of likely N-dealkylation sites (tertiary alicyclic amines) is 1. The Hall–Kier alpha value is -2.67. The number of rotatable bonds is 4. The Morgan fingerprint density at radius 2 is 1.60 bits per heavy atom. The van der Waals surface area contributed by atoms with E-state index in [1.165, 1.54) is 18.0 Å². The van der Waals surface area contributed by atoms with Gasteiger partial charge >= 0.3 is 0 Å². The van der Waals surface area contributed by atoms with E-state index in [4.69, 9.17) is 0 Å². The summed E-state index contributed by atoms with van der Waals surface area (Å²) in [5.41, 5.74) is 1.23. The van der Waals surface area contributed by atoms with Gasteiger partial charge in [-0.1, -0.05) is 18.2 Å². The van der Waals surface area contributed by atoms with Crippen molar-refractivity contribution in [1.29, 1.82) is 0 Å². The van der Waals surface area contributed by atoms with Crippen molar-refractivity contribution in [3.63, 3.8) is 0 Å². The van der Waals surface area contributed by atoms with Crippen LogP contribution in [0.1, 0.15) is 0 Å². The number of halogens is 1. The van der Waals surface area contributed by atoms with Crippen molar-refractivity contribution in [2.24, 2.45) is 11.8 Å². The number of pyridine rings is 1. The summed E-state index contributed by atoms with van der Waals surface area (Å²) in [6.45, 7) is 7.66. The number of hydrogen-bond donors (Lipinski definition) is 0. The third kappa shape index (κ3) is 3.99. The number of carbonyl (C=O) groups excluding carboxylic acids is 1. The van der Waals surface area contributed by atoms with Crippen molar-refractivity contribution < 1.29 is 9.18 Å². The highest BCUT2D eigenvalue weighted by Crippen LogP contribution is 2.33. The fraction of sp³-hybridized carbons (Fsp3) is 0.478. The van der Waals surface area contributed by atoms with E-state index in [1.807, 2.05) is 11.0 Å². The quantitative estimate of drug-likeness (QED) is 0.772. The van der Waals surface area contributed by atoms with Gasteiger partial charge in [0.15, 0.2) is 0 Å². The first-order valence-electron chi connectivity index (χ1n) is 10.8. The SMILES string of the molecule is O=C(CN1CC2CN(c3ccc(F)cn3)CC2C1)N1CCN(c2ccccc2)CC1. The van der Waals surface area contributed by atoms with E-state index < -0.39 is 0 Å². The number of amides is 1. The summed E-state index contributed by atoms with van der Waals surface area (Å²) in [6.07, 6.45) is 1.28. The monoisotopic (exact) mass is 409 g/mol. The number of aromatic nitrogens is 1. The van der Waals surface area contributed by atoms with Crippen LogP contribution in [-0.2, 0) is 4.79 Å². The first kappa shape index (κ1) is 19.3. The molecule has 0 aliphatic carbocycles. The summed E-state index contributed by atoms with van der Waals surface area (Å²) in [5, 5.41) is 0. The minimum atomic E-state index is -0.299. The predicted octanol–water partition coefficient (Wildman–Crippen LogP) is 1.94. The van der Waals surface area contributed by atoms with Gasteiger partial charge in [0.1, 0.15) is 11.6 Å². The van der Waals surface area contributed by atoms with Gasteiger partial charge in [0.2, 0.25) is 5.91 Å². The van der Waals surface area contributed by atoms with Crippen LogP contribution in [-0.4, -0.2) is 79.6 Å². The molecule has 0 N–H and O–H groups in total. The molecule has 3 fully saturated rings. The van der Waals surface area contributed by atoms with Crippen LogP contribution in [0.5, 0.6) is 0 Å². The molecule has 158 valence electrons. The van der Waals surface area contributed by atoms with Crippen molar-refractivity contribution in [2.75, 3.05) is 68.7 Å². The minimum Gasteiger partial charge on any atom is -0.368 e. The van der Waals surface area contributed by atoms with Gasteiger partial charge in [-0.3, -0.25) is 9.69 Å². The Morgan fingerprint density at radius 1 is 0.900 bits per heavy atom. The Morgan fingerprint density at radius 3 is 2.23 bits per heavy atom. The first-order valence-corrected chi connectivity index (χ1v) is 10.8. The lowest BCUT2D eigenvalue weighted by Crippen LogP contribution is -2.51. The molecule has 2 atom stereocenters. The lowest BCUT2D eigenvalue weighted by atomic mass is 10.0. The van der Waals surface area contributed by atoms with Gasteiger partial charge in [-0.25, -0.2) is 9.37 Å².